The molecule has 9 heteroatoms. The van der Waals surface area contributed by atoms with E-state index in [1.165, 1.54) is 19.3 Å². The van der Waals surface area contributed by atoms with Gasteiger partial charge in [0.2, 0.25) is 0 Å². The van der Waals surface area contributed by atoms with E-state index in [1.807, 2.05) is 6.07 Å². The number of aromatic nitrogens is 2. The van der Waals surface area contributed by atoms with Gasteiger partial charge in [-0.25, -0.2) is 4.98 Å². The molecule has 0 radical (unpaired) electrons. The van der Waals surface area contributed by atoms with Crippen molar-refractivity contribution in [3.8, 4) is 5.75 Å². The first-order chi connectivity index (χ1) is 14.5. The monoisotopic (exact) mass is 419 g/mol. The number of ether oxygens (including phenoxy) is 2. The zero-order valence-corrected chi connectivity index (χ0v) is 17.2. The fourth-order valence-corrected chi connectivity index (χ4v) is 3.85. The Morgan fingerprint density at radius 1 is 1.33 bits per heavy atom. The number of carbonyl (C=O) groups excluding carboxylic acids is 2. The van der Waals surface area contributed by atoms with Gasteiger partial charge in [0.15, 0.2) is 11.4 Å². The van der Waals surface area contributed by atoms with Crippen molar-refractivity contribution in [1.82, 2.24) is 14.7 Å². The van der Waals surface area contributed by atoms with Crippen LogP contribution in [0.4, 0.5) is 0 Å². The summed E-state index contributed by atoms with van der Waals surface area (Å²) in [5, 5.41) is 21.9. The summed E-state index contributed by atoms with van der Waals surface area (Å²) in [6, 6.07) is 3.61. The van der Waals surface area contributed by atoms with E-state index in [1.54, 1.807) is 23.6 Å². The highest BCUT2D eigenvalue weighted by Gasteiger charge is 2.34. The maximum Gasteiger partial charge on any atom is 0.293 e. The molecule has 0 aromatic carbocycles. The average Bonchev–Trinajstić information content (AvgIpc) is 3.12. The van der Waals surface area contributed by atoms with E-state index in [2.05, 4.69) is 15.0 Å². The minimum atomic E-state index is -1.50. The Bertz CT molecular complexity index is 871. The van der Waals surface area contributed by atoms with Gasteiger partial charge in [-0.1, -0.05) is 19.3 Å². The van der Waals surface area contributed by atoms with E-state index in [-0.39, 0.29) is 18.8 Å². The fourth-order valence-electron chi connectivity index (χ4n) is 3.85. The van der Waals surface area contributed by atoms with Gasteiger partial charge in [0.25, 0.3) is 12.4 Å². The summed E-state index contributed by atoms with van der Waals surface area (Å²) in [5.41, 5.74) is -0.240. The Balaban J connectivity index is 1.82. The molecule has 2 heterocycles. The number of nitrogens with zero attached hydrogens (tertiary/aromatic N) is 2. The minimum absolute atomic E-state index is 0.196. The largest absolute Gasteiger partial charge is 0.489 e. The van der Waals surface area contributed by atoms with Crippen LogP contribution in [0.15, 0.2) is 18.3 Å². The number of carbonyl (C=O) groups is 2. The molecule has 1 aliphatic rings. The number of rotatable bonds is 10. The van der Waals surface area contributed by atoms with Crippen LogP contribution in [0.1, 0.15) is 48.3 Å². The summed E-state index contributed by atoms with van der Waals surface area (Å²) in [6.45, 7) is 0.953. The van der Waals surface area contributed by atoms with Crippen LogP contribution in [0.5, 0.6) is 5.75 Å². The molecule has 3 N–H and O–H groups in total. The third kappa shape index (κ3) is 4.73. The lowest BCUT2D eigenvalue weighted by molar-refractivity contribution is -0.132. The normalized spacial score (nSPS) is 15.2. The molecule has 0 spiro atoms. The SMILES string of the molecule is Cc1nc2c(OCC3CCCCC3)cccn2c1C(=O)NC(CO)(CO)COC=O. The maximum atomic E-state index is 13.0. The fraction of sp³-hybridized carbons (Fsp3) is 0.571. The standard InChI is InChI=1S/C21H29N3O6/c1-15-18(20(28)23-21(11-25,12-26)13-29-14-27)24-9-5-8-17(19(24)22-15)30-10-16-6-3-2-4-7-16/h5,8-9,14,16,25-26H,2-4,6-7,10-13H2,1H3,(H,23,28). The second kappa shape index (κ2) is 9.90. The first-order valence-electron chi connectivity index (χ1n) is 10.2. The Hall–Kier alpha value is -2.65. The van der Waals surface area contributed by atoms with Crippen molar-refractivity contribution in [3.05, 3.63) is 29.7 Å². The van der Waals surface area contributed by atoms with Crippen molar-refractivity contribution in [3.63, 3.8) is 0 Å². The lowest BCUT2D eigenvalue weighted by Crippen LogP contribution is -2.57. The molecule has 1 amide bonds. The van der Waals surface area contributed by atoms with E-state index >= 15 is 0 Å². The summed E-state index contributed by atoms with van der Waals surface area (Å²) in [6.07, 6.45) is 7.78. The summed E-state index contributed by atoms with van der Waals surface area (Å²) < 4.78 is 12.3. The van der Waals surface area contributed by atoms with E-state index in [0.717, 1.165) is 12.8 Å². The predicted molar refractivity (Wildman–Crippen MR) is 108 cm³/mol. The number of imidazole rings is 1. The highest BCUT2D eigenvalue weighted by Crippen LogP contribution is 2.27. The molecule has 30 heavy (non-hydrogen) atoms. The van der Waals surface area contributed by atoms with Crippen LogP contribution < -0.4 is 10.1 Å². The number of hydrogen-bond acceptors (Lipinski definition) is 7. The summed E-state index contributed by atoms with van der Waals surface area (Å²) in [7, 11) is 0. The van der Waals surface area contributed by atoms with E-state index < -0.39 is 24.7 Å². The second-order valence-electron chi connectivity index (χ2n) is 7.88. The molecule has 1 fully saturated rings. The summed E-state index contributed by atoms with van der Waals surface area (Å²) >= 11 is 0. The predicted octanol–water partition coefficient (Wildman–Crippen LogP) is 1.23. The Morgan fingerprint density at radius 3 is 2.73 bits per heavy atom. The molecule has 3 rings (SSSR count). The molecule has 9 nitrogen and oxygen atoms in total. The van der Waals surface area contributed by atoms with E-state index in [0.29, 0.717) is 29.6 Å². The van der Waals surface area contributed by atoms with Gasteiger partial charge < -0.3 is 25.0 Å². The number of amides is 1. The van der Waals surface area contributed by atoms with Crippen LogP contribution in [0, 0.1) is 12.8 Å². The summed E-state index contributed by atoms with van der Waals surface area (Å²) in [5.74, 6) is 0.581. The third-order valence-corrected chi connectivity index (χ3v) is 5.61. The maximum absolute atomic E-state index is 13.0. The van der Waals surface area contributed by atoms with E-state index in [4.69, 9.17) is 4.74 Å². The first-order valence-corrected chi connectivity index (χ1v) is 10.2. The average molecular weight is 419 g/mol. The van der Waals surface area contributed by atoms with Gasteiger partial charge in [-0.15, -0.1) is 0 Å². The van der Waals surface area contributed by atoms with Crippen LogP contribution in [-0.4, -0.2) is 63.9 Å². The number of nitrogens with one attached hydrogen (secondary N) is 1. The van der Waals surface area contributed by atoms with Crippen molar-refractivity contribution in [2.24, 2.45) is 5.92 Å². The molecule has 164 valence electrons. The van der Waals surface area contributed by atoms with Gasteiger partial charge in [-0.2, -0.15) is 0 Å². The van der Waals surface area contributed by atoms with Gasteiger partial charge in [-0.05, 0) is 37.8 Å². The third-order valence-electron chi connectivity index (χ3n) is 5.61. The van der Waals surface area contributed by atoms with Crippen molar-refractivity contribution >= 4 is 18.0 Å². The second-order valence-corrected chi connectivity index (χ2v) is 7.88. The van der Waals surface area contributed by atoms with E-state index in [9.17, 15) is 19.8 Å². The number of fused-ring (bicyclic) bond motifs is 1. The summed E-state index contributed by atoms with van der Waals surface area (Å²) in [4.78, 5) is 28.0. The highest BCUT2D eigenvalue weighted by molar-refractivity contribution is 5.95. The highest BCUT2D eigenvalue weighted by atomic mass is 16.5. The van der Waals surface area contributed by atoms with Gasteiger partial charge in [-0.3, -0.25) is 14.0 Å². The van der Waals surface area contributed by atoms with Crippen LogP contribution in [0.2, 0.25) is 0 Å². The van der Waals surface area contributed by atoms with Crippen molar-refractivity contribution in [2.75, 3.05) is 26.4 Å². The molecule has 0 unspecified atom stereocenters. The molecule has 2 aromatic rings. The zero-order valence-electron chi connectivity index (χ0n) is 17.2. The topological polar surface area (TPSA) is 122 Å². The molecule has 0 bridgehead atoms. The van der Waals surface area contributed by atoms with Gasteiger partial charge >= 0.3 is 0 Å². The molecule has 0 atom stereocenters. The lowest BCUT2D eigenvalue weighted by atomic mass is 9.90. The van der Waals surface area contributed by atoms with Crippen molar-refractivity contribution in [1.29, 1.82) is 0 Å². The lowest BCUT2D eigenvalue weighted by Gasteiger charge is -2.29. The van der Waals surface area contributed by atoms with Crippen molar-refractivity contribution < 1.29 is 29.3 Å². The first kappa shape index (κ1) is 22.0. The Labute approximate surface area is 175 Å². The number of aryl methyl sites for hydroxylation is 1. The molecule has 0 aliphatic heterocycles. The van der Waals surface area contributed by atoms with Crippen LogP contribution >= 0.6 is 0 Å². The van der Waals surface area contributed by atoms with Gasteiger partial charge in [0, 0.05) is 6.20 Å². The number of hydrogen-bond donors (Lipinski definition) is 3. The molecule has 1 saturated carbocycles. The van der Waals surface area contributed by atoms with Gasteiger partial charge in [0.1, 0.15) is 17.8 Å². The number of aliphatic hydroxyl groups is 2. The molecular formula is C21H29N3O6. The smallest absolute Gasteiger partial charge is 0.293 e. The van der Waals surface area contributed by atoms with Crippen LogP contribution in [0.3, 0.4) is 0 Å². The van der Waals surface area contributed by atoms with Crippen LogP contribution in [0.25, 0.3) is 5.65 Å². The number of aliphatic hydroxyl groups excluding tert-OH is 2. The molecular weight excluding hydrogens is 390 g/mol. The Morgan fingerprint density at radius 2 is 2.07 bits per heavy atom. The van der Waals surface area contributed by atoms with Gasteiger partial charge in [0.05, 0.1) is 25.5 Å². The molecule has 1 aliphatic carbocycles. The zero-order chi connectivity index (χ0) is 21.6. The minimum Gasteiger partial charge on any atom is -0.489 e. The van der Waals surface area contributed by atoms with Crippen LogP contribution in [-0.2, 0) is 9.53 Å². The molecule has 2 aromatic heterocycles. The number of pyridine rings is 1. The quantitative estimate of drug-likeness (QED) is 0.495. The molecule has 0 saturated heterocycles. The van der Waals surface area contributed by atoms with Crippen molar-refractivity contribution in [2.45, 2.75) is 44.6 Å². The Kier molecular flexibility index (Phi) is 7.28.